The molecule has 0 unspecified atom stereocenters. The van der Waals surface area contributed by atoms with Crippen LogP contribution < -0.4 is 5.32 Å². The molecule has 7 heteroatoms. The zero-order valence-corrected chi connectivity index (χ0v) is 12.5. The Morgan fingerprint density at radius 1 is 1.27 bits per heavy atom. The lowest BCUT2D eigenvalue weighted by atomic mass is 9.99. The molecule has 0 aromatic heterocycles. The fourth-order valence-electron chi connectivity index (χ4n) is 3.35. The zero-order valence-electron chi connectivity index (χ0n) is 12.5. The van der Waals surface area contributed by atoms with E-state index in [9.17, 15) is 20.0 Å². The molecule has 1 aromatic carbocycles. The normalized spacial score (nSPS) is 25.5. The van der Waals surface area contributed by atoms with Crippen molar-refractivity contribution in [3.05, 3.63) is 33.4 Å². The van der Waals surface area contributed by atoms with Gasteiger partial charge in [-0.3, -0.25) is 19.8 Å². The van der Waals surface area contributed by atoms with Crippen LogP contribution in [-0.4, -0.2) is 33.9 Å². The summed E-state index contributed by atoms with van der Waals surface area (Å²) in [5.41, 5.74) is -0.547. The second-order valence-corrected chi connectivity index (χ2v) is 5.97. The van der Waals surface area contributed by atoms with Crippen LogP contribution >= 0.6 is 0 Å². The lowest BCUT2D eigenvalue weighted by Gasteiger charge is -2.34. The second kappa shape index (κ2) is 5.33. The number of nitro groups is 1. The topological polar surface area (TPSA) is 95.7 Å². The number of rotatable bonds is 2. The Hall–Kier alpha value is -1.99. The van der Waals surface area contributed by atoms with E-state index < -0.39 is 16.6 Å². The number of fused-ring (bicyclic) bond motifs is 1. The molecule has 0 aliphatic carbocycles. The highest BCUT2D eigenvalue weighted by molar-refractivity contribution is 6.05. The average molecular weight is 305 g/mol. The molecule has 1 fully saturated rings. The maximum Gasteiger partial charge on any atom is 0.276 e. The number of carbonyl (C=O) groups is 1. The van der Waals surface area contributed by atoms with Crippen LogP contribution in [-0.2, 0) is 10.5 Å². The van der Waals surface area contributed by atoms with Gasteiger partial charge in [-0.1, -0.05) is 12.8 Å². The molecule has 2 heterocycles. The molecule has 2 aliphatic rings. The van der Waals surface area contributed by atoms with Crippen molar-refractivity contribution in [3.8, 4) is 0 Å². The summed E-state index contributed by atoms with van der Waals surface area (Å²) in [6, 6.07) is 2.72. The van der Waals surface area contributed by atoms with Gasteiger partial charge in [0.15, 0.2) is 0 Å². The van der Waals surface area contributed by atoms with E-state index in [-0.39, 0.29) is 5.69 Å². The van der Waals surface area contributed by atoms with Crippen LogP contribution in [0.4, 0.5) is 11.4 Å². The maximum absolute atomic E-state index is 12.4. The van der Waals surface area contributed by atoms with Crippen molar-refractivity contribution in [2.24, 2.45) is 0 Å². The first kappa shape index (κ1) is 14.9. The van der Waals surface area contributed by atoms with Gasteiger partial charge >= 0.3 is 0 Å². The minimum atomic E-state index is -1.81. The van der Waals surface area contributed by atoms with Crippen LogP contribution in [0.25, 0.3) is 0 Å². The quantitative estimate of drug-likeness (QED) is 0.642. The van der Waals surface area contributed by atoms with Crippen LogP contribution in [0.2, 0.25) is 0 Å². The Balaban J connectivity index is 2.10. The number of aryl methyl sites for hydroxylation is 1. The summed E-state index contributed by atoms with van der Waals surface area (Å²) >= 11 is 0. The number of benzene rings is 1. The lowest BCUT2D eigenvalue weighted by molar-refractivity contribution is -0.385. The molecule has 22 heavy (non-hydrogen) atoms. The predicted octanol–water partition coefficient (Wildman–Crippen LogP) is 1.88. The van der Waals surface area contributed by atoms with Crippen LogP contribution in [0.15, 0.2) is 12.1 Å². The van der Waals surface area contributed by atoms with Gasteiger partial charge in [0.1, 0.15) is 0 Å². The highest BCUT2D eigenvalue weighted by Gasteiger charge is 2.51. The Morgan fingerprint density at radius 3 is 2.50 bits per heavy atom. The Labute approximate surface area is 128 Å². The SMILES string of the molecule is Cc1cc([N+](=O)[O-])cc2c1NC(=O)[C@@]2(O)N1CCCCCC1. The van der Waals surface area contributed by atoms with E-state index in [1.165, 1.54) is 12.1 Å². The Bertz CT molecular complexity index is 638. The summed E-state index contributed by atoms with van der Waals surface area (Å²) < 4.78 is 0. The molecular formula is C15H19N3O4. The summed E-state index contributed by atoms with van der Waals surface area (Å²) in [6.45, 7) is 2.90. The third-order valence-electron chi connectivity index (χ3n) is 4.53. The first-order valence-electron chi connectivity index (χ1n) is 7.53. The number of hydrogen-bond donors (Lipinski definition) is 2. The van der Waals surface area contributed by atoms with Gasteiger partial charge in [-0.2, -0.15) is 0 Å². The zero-order chi connectivity index (χ0) is 15.9. The molecule has 0 radical (unpaired) electrons. The first-order valence-corrected chi connectivity index (χ1v) is 7.53. The van der Waals surface area contributed by atoms with Gasteiger partial charge < -0.3 is 10.4 Å². The highest BCUT2D eigenvalue weighted by Crippen LogP contribution is 2.43. The molecule has 7 nitrogen and oxygen atoms in total. The van der Waals surface area contributed by atoms with E-state index in [1.807, 2.05) is 0 Å². The summed E-state index contributed by atoms with van der Waals surface area (Å²) in [7, 11) is 0. The molecule has 1 atom stereocenters. The number of aliphatic hydroxyl groups is 1. The smallest absolute Gasteiger partial charge is 0.276 e. The summed E-state index contributed by atoms with van der Waals surface area (Å²) in [5.74, 6) is -0.520. The van der Waals surface area contributed by atoms with E-state index in [0.29, 0.717) is 29.9 Å². The molecule has 0 bridgehead atoms. The molecule has 0 spiro atoms. The molecule has 1 saturated heterocycles. The van der Waals surface area contributed by atoms with Crippen LogP contribution in [0.1, 0.15) is 36.8 Å². The summed E-state index contributed by atoms with van der Waals surface area (Å²) in [6.07, 6.45) is 3.93. The van der Waals surface area contributed by atoms with Gasteiger partial charge in [0.25, 0.3) is 11.6 Å². The molecule has 0 saturated carbocycles. The number of carbonyl (C=O) groups excluding carboxylic acids is 1. The van der Waals surface area contributed by atoms with E-state index >= 15 is 0 Å². The minimum Gasteiger partial charge on any atom is -0.364 e. The molecule has 1 amide bonds. The number of hydrogen-bond acceptors (Lipinski definition) is 5. The number of anilines is 1. The minimum absolute atomic E-state index is 0.110. The maximum atomic E-state index is 12.4. The summed E-state index contributed by atoms with van der Waals surface area (Å²) in [4.78, 5) is 24.7. The summed E-state index contributed by atoms with van der Waals surface area (Å²) in [5, 5.41) is 24.9. The number of amides is 1. The van der Waals surface area contributed by atoms with Crippen molar-refractivity contribution in [3.63, 3.8) is 0 Å². The molecule has 2 aliphatic heterocycles. The van der Waals surface area contributed by atoms with Crippen LogP contribution in [0.5, 0.6) is 0 Å². The predicted molar refractivity (Wildman–Crippen MR) is 80.4 cm³/mol. The number of non-ortho nitro benzene ring substituents is 1. The number of nitrogens with one attached hydrogen (secondary N) is 1. The van der Waals surface area contributed by atoms with Gasteiger partial charge in [-0.25, -0.2) is 0 Å². The van der Waals surface area contributed by atoms with Crippen molar-refractivity contribution >= 4 is 17.3 Å². The third kappa shape index (κ3) is 2.17. The molecule has 1 aromatic rings. The standard InChI is InChI=1S/C15H19N3O4/c1-10-8-11(18(21)22)9-12-13(10)16-14(19)15(12,20)17-6-4-2-3-5-7-17/h8-9,20H,2-7H2,1H3,(H,16,19)/t15-/m1/s1. The molecular weight excluding hydrogens is 286 g/mol. The van der Waals surface area contributed by atoms with Gasteiger partial charge in [0.05, 0.1) is 10.6 Å². The molecule has 118 valence electrons. The van der Waals surface area contributed by atoms with Crippen molar-refractivity contribution in [2.75, 3.05) is 18.4 Å². The molecule has 2 N–H and O–H groups in total. The number of likely N-dealkylation sites (tertiary alicyclic amines) is 1. The number of nitrogens with zero attached hydrogens (tertiary/aromatic N) is 2. The van der Waals surface area contributed by atoms with Crippen LogP contribution in [0, 0.1) is 17.0 Å². The second-order valence-electron chi connectivity index (χ2n) is 5.97. The van der Waals surface area contributed by atoms with Crippen molar-refractivity contribution in [1.82, 2.24) is 4.90 Å². The van der Waals surface area contributed by atoms with Gasteiger partial charge in [0.2, 0.25) is 5.72 Å². The van der Waals surface area contributed by atoms with Crippen molar-refractivity contribution in [1.29, 1.82) is 0 Å². The largest absolute Gasteiger partial charge is 0.364 e. The van der Waals surface area contributed by atoms with Gasteiger partial charge in [-0.05, 0) is 25.3 Å². The average Bonchev–Trinajstić information content (AvgIpc) is 2.68. The van der Waals surface area contributed by atoms with E-state index in [4.69, 9.17) is 0 Å². The third-order valence-corrected chi connectivity index (χ3v) is 4.53. The van der Waals surface area contributed by atoms with E-state index in [2.05, 4.69) is 5.32 Å². The monoisotopic (exact) mass is 305 g/mol. The fourth-order valence-corrected chi connectivity index (χ4v) is 3.35. The van der Waals surface area contributed by atoms with Gasteiger partial charge in [0, 0.05) is 30.8 Å². The fraction of sp³-hybridized carbons (Fsp3) is 0.533. The Morgan fingerprint density at radius 2 is 1.91 bits per heavy atom. The lowest BCUT2D eigenvalue weighted by Crippen LogP contribution is -2.51. The van der Waals surface area contributed by atoms with Crippen molar-refractivity contribution < 1.29 is 14.8 Å². The highest BCUT2D eigenvalue weighted by atomic mass is 16.6. The number of nitro benzene ring substituents is 1. The van der Waals surface area contributed by atoms with Crippen molar-refractivity contribution in [2.45, 2.75) is 38.3 Å². The van der Waals surface area contributed by atoms with Crippen LogP contribution in [0.3, 0.4) is 0 Å². The molecule has 3 rings (SSSR count). The van der Waals surface area contributed by atoms with E-state index in [1.54, 1.807) is 11.8 Å². The van der Waals surface area contributed by atoms with E-state index in [0.717, 1.165) is 25.7 Å². The first-order chi connectivity index (χ1) is 10.4. The van der Waals surface area contributed by atoms with Gasteiger partial charge in [-0.15, -0.1) is 0 Å². The Kier molecular flexibility index (Phi) is 3.62.